The number of halogens is 1. The third kappa shape index (κ3) is 6.07. The van der Waals surface area contributed by atoms with Gasteiger partial charge in [0.2, 0.25) is 5.91 Å². The van der Waals surface area contributed by atoms with Gasteiger partial charge in [0.05, 0.1) is 6.61 Å². The van der Waals surface area contributed by atoms with E-state index in [0.29, 0.717) is 25.2 Å². The van der Waals surface area contributed by atoms with Gasteiger partial charge in [-0.2, -0.15) is 0 Å². The quantitative estimate of drug-likeness (QED) is 0.715. The number of aryl methyl sites for hydroxylation is 2. The summed E-state index contributed by atoms with van der Waals surface area (Å²) < 4.78 is 20.5. The van der Waals surface area contributed by atoms with E-state index < -0.39 is 0 Å². The number of aromatic nitrogens is 1. The second-order valence-corrected chi connectivity index (χ2v) is 6.03. The fraction of sp³-hybridized carbons (Fsp3) is 0.421. The van der Waals surface area contributed by atoms with Gasteiger partial charge in [-0.1, -0.05) is 6.07 Å². The summed E-state index contributed by atoms with van der Waals surface area (Å²) in [7, 11) is 2.02. The fourth-order valence-corrected chi connectivity index (χ4v) is 2.52. The first kappa shape index (κ1) is 18.0. The molecule has 2 aromatic rings. The van der Waals surface area contributed by atoms with Crippen molar-refractivity contribution in [2.24, 2.45) is 7.05 Å². The highest BCUT2D eigenvalue weighted by molar-refractivity contribution is 5.76. The van der Waals surface area contributed by atoms with E-state index in [1.165, 1.54) is 17.8 Å². The summed E-state index contributed by atoms with van der Waals surface area (Å²) in [5.41, 5.74) is 1.26. The second kappa shape index (κ2) is 9.11. The molecule has 0 aliphatic heterocycles. The van der Waals surface area contributed by atoms with Crippen LogP contribution in [0.3, 0.4) is 0 Å². The number of nitrogens with zero attached hydrogens (tertiary/aromatic N) is 1. The zero-order valence-corrected chi connectivity index (χ0v) is 14.3. The van der Waals surface area contributed by atoms with Crippen molar-refractivity contribution >= 4 is 5.91 Å². The lowest BCUT2D eigenvalue weighted by molar-refractivity contribution is -0.121. The minimum absolute atomic E-state index is 0.0252. The Kier molecular flexibility index (Phi) is 6.85. The normalized spacial score (nSPS) is 12.0. The van der Waals surface area contributed by atoms with Crippen molar-refractivity contribution in [3.8, 4) is 5.75 Å². The molecule has 0 bridgehead atoms. The van der Waals surface area contributed by atoms with Gasteiger partial charge in [0.15, 0.2) is 0 Å². The van der Waals surface area contributed by atoms with Gasteiger partial charge >= 0.3 is 0 Å². The van der Waals surface area contributed by atoms with Crippen molar-refractivity contribution in [2.45, 2.75) is 38.6 Å². The van der Waals surface area contributed by atoms with Crippen molar-refractivity contribution in [1.29, 1.82) is 0 Å². The van der Waals surface area contributed by atoms with E-state index in [1.54, 1.807) is 12.1 Å². The molecule has 130 valence electrons. The van der Waals surface area contributed by atoms with Crippen LogP contribution in [0.1, 0.15) is 31.9 Å². The molecule has 24 heavy (non-hydrogen) atoms. The average Bonchev–Trinajstić information content (AvgIpc) is 2.95. The second-order valence-electron chi connectivity index (χ2n) is 6.03. The number of amides is 1. The molecule has 0 fully saturated rings. The first-order chi connectivity index (χ1) is 11.5. The number of carbonyl (C=O) groups excluding carboxylic acids is 1. The van der Waals surface area contributed by atoms with Crippen LogP contribution in [0, 0.1) is 5.82 Å². The molecule has 0 saturated carbocycles. The third-order valence-electron chi connectivity index (χ3n) is 3.91. The van der Waals surface area contributed by atoms with Gasteiger partial charge in [-0.3, -0.25) is 4.79 Å². The molecule has 5 heteroatoms. The molecule has 2 rings (SSSR count). The lowest BCUT2D eigenvalue weighted by atomic mass is 10.1. The molecule has 0 saturated heterocycles. The van der Waals surface area contributed by atoms with Gasteiger partial charge in [-0.05, 0) is 50.5 Å². The topological polar surface area (TPSA) is 43.3 Å². The van der Waals surface area contributed by atoms with Crippen molar-refractivity contribution < 1.29 is 13.9 Å². The van der Waals surface area contributed by atoms with Crippen LogP contribution in [0.25, 0.3) is 0 Å². The molecule has 0 radical (unpaired) electrons. The summed E-state index contributed by atoms with van der Waals surface area (Å²) in [5, 5.41) is 3.01. The Morgan fingerprint density at radius 3 is 2.88 bits per heavy atom. The van der Waals surface area contributed by atoms with E-state index >= 15 is 0 Å². The maximum Gasteiger partial charge on any atom is 0.220 e. The van der Waals surface area contributed by atoms with Gasteiger partial charge in [0.25, 0.3) is 0 Å². The van der Waals surface area contributed by atoms with Crippen LogP contribution in [-0.4, -0.2) is 23.1 Å². The summed E-state index contributed by atoms with van der Waals surface area (Å²) in [6.07, 6.45) is 4.88. The van der Waals surface area contributed by atoms with Crippen molar-refractivity contribution in [2.75, 3.05) is 6.61 Å². The van der Waals surface area contributed by atoms with Crippen LogP contribution in [-0.2, 0) is 18.3 Å². The molecule has 0 aliphatic rings. The molecule has 1 N–H and O–H groups in total. The van der Waals surface area contributed by atoms with E-state index in [0.717, 1.165) is 12.8 Å². The number of carbonyl (C=O) groups is 1. The minimum Gasteiger partial charge on any atom is -0.493 e. The van der Waals surface area contributed by atoms with Crippen molar-refractivity contribution in [3.05, 3.63) is 54.1 Å². The fourth-order valence-electron chi connectivity index (χ4n) is 2.52. The zero-order chi connectivity index (χ0) is 17.4. The number of rotatable bonds is 9. The number of ether oxygens (including phenoxy) is 1. The molecule has 0 spiro atoms. The molecule has 1 aromatic heterocycles. The predicted octanol–water partition coefficient (Wildman–Crippen LogP) is 3.46. The monoisotopic (exact) mass is 332 g/mol. The zero-order valence-electron chi connectivity index (χ0n) is 14.3. The van der Waals surface area contributed by atoms with Gasteiger partial charge in [-0.25, -0.2) is 4.39 Å². The van der Waals surface area contributed by atoms with Crippen LogP contribution in [0.2, 0.25) is 0 Å². The van der Waals surface area contributed by atoms with E-state index in [4.69, 9.17) is 4.74 Å². The van der Waals surface area contributed by atoms with Crippen LogP contribution in [0.4, 0.5) is 4.39 Å². The summed E-state index contributed by atoms with van der Waals surface area (Å²) in [4.78, 5) is 11.9. The molecule has 0 aliphatic carbocycles. The predicted molar refractivity (Wildman–Crippen MR) is 92.5 cm³/mol. The lowest BCUT2D eigenvalue weighted by Crippen LogP contribution is -2.33. The molecule has 1 heterocycles. The van der Waals surface area contributed by atoms with Crippen molar-refractivity contribution in [3.63, 3.8) is 0 Å². The van der Waals surface area contributed by atoms with Crippen LogP contribution in [0.5, 0.6) is 5.75 Å². The van der Waals surface area contributed by atoms with Gasteiger partial charge < -0.3 is 14.6 Å². The van der Waals surface area contributed by atoms with Crippen LogP contribution in [0.15, 0.2) is 42.6 Å². The molecule has 0 unspecified atom stereocenters. The maximum atomic E-state index is 13.0. The molecular formula is C19H25FN2O2. The molecular weight excluding hydrogens is 307 g/mol. The Balaban J connectivity index is 1.59. The highest BCUT2D eigenvalue weighted by atomic mass is 19.1. The first-order valence-corrected chi connectivity index (χ1v) is 8.32. The Morgan fingerprint density at radius 2 is 2.17 bits per heavy atom. The lowest BCUT2D eigenvalue weighted by Gasteiger charge is -2.14. The largest absolute Gasteiger partial charge is 0.493 e. The first-order valence-electron chi connectivity index (χ1n) is 8.32. The number of hydrogen-bond acceptors (Lipinski definition) is 2. The highest BCUT2D eigenvalue weighted by Gasteiger charge is 2.08. The van der Waals surface area contributed by atoms with Gasteiger partial charge in [0.1, 0.15) is 11.6 Å². The Bertz CT molecular complexity index is 654. The number of nitrogens with one attached hydrogen (secondary N) is 1. The molecule has 4 nitrogen and oxygen atoms in total. The van der Waals surface area contributed by atoms with Gasteiger partial charge in [-0.15, -0.1) is 0 Å². The van der Waals surface area contributed by atoms with Crippen LogP contribution >= 0.6 is 0 Å². The summed E-state index contributed by atoms with van der Waals surface area (Å²) in [6.45, 7) is 2.42. The molecule has 1 amide bonds. The smallest absolute Gasteiger partial charge is 0.220 e. The number of hydrogen-bond donors (Lipinski definition) is 1. The standard InChI is InChI=1S/C19H25FN2O2/c1-15(10-11-17-7-4-12-22(17)2)21-19(23)9-5-13-24-18-8-3-6-16(20)14-18/h3-4,6-8,12,14-15H,5,9-11,13H2,1-2H3,(H,21,23)/t15-/m1/s1. The van der Waals surface area contributed by atoms with Crippen molar-refractivity contribution in [1.82, 2.24) is 9.88 Å². The Hall–Kier alpha value is -2.30. The van der Waals surface area contributed by atoms with E-state index in [1.807, 2.05) is 26.2 Å². The Morgan fingerprint density at radius 1 is 1.33 bits per heavy atom. The van der Waals surface area contributed by atoms with Gasteiger partial charge in [0, 0.05) is 37.5 Å². The summed E-state index contributed by atoms with van der Waals surface area (Å²) in [5.74, 6) is 0.195. The molecule has 1 aromatic carbocycles. The van der Waals surface area contributed by atoms with E-state index in [9.17, 15) is 9.18 Å². The summed E-state index contributed by atoms with van der Waals surface area (Å²) >= 11 is 0. The third-order valence-corrected chi connectivity index (χ3v) is 3.91. The minimum atomic E-state index is -0.322. The van der Waals surface area contributed by atoms with Crippen LogP contribution < -0.4 is 10.1 Å². The van der Waals surface area contributed by atoms with E-state index in [-0.39, 0.29) is 17.8 Å². The highest BCUT2D eigenvalue weighted by Crippen LogP contribution is 2.12. The average molecular weight is 332 g/mol. The van der Waals surface area contributed by atoms with E-state index in [2.05, 4.69) is 16.0 Å². The SMILES string of the molecule is C[C@H](CCc1cccn1C)NC(=O)CCCOc1cccc(F)c1. The molecule has 1 atom stereocenters. The number of benzene rings is 1. The Labute approximate surface area is 142 Å². The maximum absolute atomic E-state index is 13.0. The summed E-state index contributed by atoms with van der Waals surface area (Å²) in [6, 6.07) is 10.3.